The number of hydrogen-bond acceptors (Lipinski definition) is 4. The molecule has 25 heavy (non-hydrogen) atoms. The van der Waals surface area contributed by atoms with Gasteiger partial charge in [-0.3, -0.25) is 9.48 Å². The van der Waals surface area contributed by atoms with Gasteiger partial charge in [0.05, 0.1) is 5.69 Å². The molecule has 0 radical (unpaired) electrons. The van der Waals surface area contributed by atoms with E-state index in [1.54, 1.807) is 26.0 Å². The van der Waals surface area contributed by atoms with Gasteiger partial charge in [0.15, 0.2) is 0 Å². The Morgan fingerprint density at radius 1 is 1.32 bits per heavy atom. The minimum Gasteiger partial charge on any atom is -0.478 e. The molecule has 2 N–H and O–H groups in total. The van der Waals surface area contributed by atoms with Crippen LogP contribution < -0.4 is 10.1 Å². The molecule has 0 spiro atoms. The third-order valence-corrected chi connectivity index (χ3v) is 4.15. The highest BCUT2D eigenvalue weighted by Gasteiger charge is 2.35. The second-order valence-corrected chi connectivity index (χ2v) is 6.65. The Labute approximate surface area is 148 Å². The lowest BCUT2D eigenvalue weighted by atomic mass is 10.0. The first-order chi connectivity index (χ1) is 11.7. The zero-order chi connectivity index (χ0) is 18.6. The summed E-state index contributed by atoms with van der Waals surface area (Å²) in [6, 6.07) is 9.02. The van der Waals surface area contributed by atoms with E-state index < -0.39 is 11.7 Å². The maximum atomic E-state index is 12.6. The van der Waals surface area contributed by atoms with Crippen molar-refractivity contribution in [3.8, 4) is 5.75 Å². The Hall–Kier alpha value is -2.34. The van der Waals surface area contributed by atoms with Gasteiger partial charge in [0.1, 0.15) is 11.4 Å². The number of hydrogen-bond donors (Lipinski definition) is 2. The van der Waals surface area contributed by atoms with Crippen molar-refractivity contribution in [1.29, 1.82) is 0 Å². The molecule has 6 nitrogen and oxygen atoms in total. The van der Waals surface area contributed by atoms with Crippen LogP contribution in [-0.4, -0.2) is 32.5 Å². The second kappa shape index (κ2) is 7.70. The molecule has 0 aliphatic carbocycles. The number of rotatable bonds is 7. The zero-order valence-corrected chi connectivity index (χ0v) is 15.5. The standard InChI is InChI=1S/C19H27N3O3/c1-6-22-14(3)16(13(2)21-22)12-20-18(23)17(19(4,5)24)25-15-10-8-7-9-11-15/h7-11,17,24H,6,12H2,1-5H3,(H,20,23). The number of carbonyl (C=O) groups is 1. The van der Waals surface area contributed by atoms with E-state index in [1.165, 1.54) is 0 Å². The molecule has 0 saturated carbocycles. The summed E-state index contributed by atoms with van der Waals surface area (Å²) in [6.45, 7) is 10.2. The predicted molar refractivity (Wildman–Crippen MR) is 96.4 cm³/mol. The molecule has 1 amide bonds. The van der Waals surface area contributed by atoms with E-state index in [9.17, 15) is 9.90 Å². The van der Waals surface area contributed by atoms with Crippen molar-refractivity contribution < 1.29 is 14.6 Å². The van der Waals surface area contributed by atoms with Crippen LogP contribution in [0.4, 0.5) is 0 Å². The first kappa shape index (κ1) is 19.0. The average molecular weight is 345 g/mol. The molecule has 136 valence electrons. The number of benzene rings is 1. The number of para-hydroxylation sites is 1. The summed E-state index contributed by atoms with van der Waals surface area (Å²) < 4.78 is 7.64. The van der Waals surface area contributed by atoms with Gasteiger partial charge >= 0.3 is 0 Å². The van der Waals surface area contributed by atoms with E-state index in [2.05, 4.69) is 10.4 Å². The molecule has 1 unspecified atom stereocenters. The summed E-state index contributed by atoms with van der Waals surface area (Å²) in [5.74, 6) is 0.176. The Bertz CT molecular complexity index is 718. The van der Waals surface area contributed by atoms with Crippen LogP contribution in [0.15, 0.2) is 30.3 Å². The maximum absolute atomic E-state index is 12.6. The monoisotopic (exact) mass is 345 g/mol. The van der Waals surface area contributed by atoms with Crippen molar-refractivity contribution in [2.45, 2.75) is 59.4 Å². The Balaban J connectivity index is 2.11. The van der Waals surface area contributed by atoms with Gasteiger partial charge in [0.2, 0.25) is 6.10 Å². The smallest absolute Gasteiger partial charge is 0.264 e. The minimum absolute atomic E-state index is 0.348. The summed E-state index contributed by atoms with van der Waals surface area (Å²) in [7, 11) is 0. The van der Waals surface area contributed by atoms with E-state index >= 15 is 0 Å². The summed E-state index contributed by atoms with van der Waals surface area (Å²) in [6.07, 6.45) is -1.02. The summed E-state index contributed by atoms with van der Waals surface area (Å²) in [5, 5.41) is 17.7. The lowest BCUT2D eigenvalue weighted by Gasteiger charge is -2.28. The topological polar surface area (TPSA) is 76.4 Å². The van der Waals surface area contributed by atoms with Gasteiger partial charge < -0.3 is 15.2 Å². The molecule has 0 saturated heterocycles. The number of nitrogens with zero attached hydrogens (tertiary/aromatic N) is 2. The quantitative estimate of drug-likeness (QED) is 0.808. The molecular formula is C19H27N3O3. The van der Waals surface area contributed by atoms with Gasteiger partial charge in [0.25, 0.3) is 5.91 Å². The molecule has 2 rings (SSSR count). The lowest BCUT2D eigenvalue weighted by Crippen LogP contribution is -2.51. The summed E-state index contributed by atoms with van der Waals surface area (Å²) in [4.78, 5) is 12.6. The van der Waals surface area contributed by atoms with Crippen LogP contribution in [0.25, 0.3) is 0 Å². The average Bonchev–Trinajstić information content (AvgIpc) is 2.84. The maximum Gasteiger partial charge on any atom is 0.264 e. The molecular weight excluding hydrogens is 318 g/mol. The molecule has 0 fully saturated rings. The summed E-state index contributed by atoms with van der Waals surface area (Å²) in [5.41, 5.74) is 1.59. The van der Waals surface area contributed by atoms with Crippen molar-refractivity contribution in [1.82, 2.24) is 15.1 Å². The van der Waals surface area contributed by atoms with Gasteiger partial charge in [0, 0.05) is 24.3 Å². The van der Waals surface area contributed by atoms with Crippen LogP contribution in [0.1, 0.15) is 37.7 Å². The van der Waals surface area contributed by atoms with Gasteiger partial charge in [-0.2, -0.15) is 5.10 Å². The van der Waals surface area contributed by atoms with Gasteiger partial charge in [-0.05, 0) is 46.8 Å². The molecule has 0 aliphatic heterocycles. The number of amides is 1. The van der Waals surface area contributed by atoms with Crippen LogP contribution in [0.5, 0.6) is 5.75 Å². The first-order valence-corrected chi connectivity index (χ1v) is 8.48. The van der Waals surface area contributed by atoms with Crippen molar-refractivity contribution in [3.05, 3.63) is 47.3 Å². The van der Waals surface area contributed by atoms with Crippen molar-refractivity contribution >= 4 is 5.91 Å². The van der Waals surface area contributed by atoms with Gasteiger partial charge in [-0.1, -0.05) is 18.2 Å². The fourth-order valence-electron chi connectivity index (χ4n) is 2.72. The predicted octanol–water partition coefficient (Wildman–Crippen LogP) is 2.35. The highest BCUT2D eigenvalue weighted by molar-refractivity contribution is 5.82. The van der Waals surface area contributed by atoms with E-state index in [-0.39, 0.29) is 5.91 Å². The number of carbonyl (C=O) groups excluding carboxylic acids is 1. The van der Waals surface area contributed by atoms with Crippen LogP contribution >= 0.6 is 0 Å². The molecule has 1 aromatic carbocycles. The zero-order valence-electron chi connectivity index (χ0n) is 15.5. The van der Waals surface area contributed by atoms with Crippen LogP contribution in [0, 0.1) is 13.8 Å². The van der Waals surface area contributed by atoms with Crippen molar-refractivity contribution in [3.63, 3.8) is 0 Å². The van der Waals surface area contributed by atoms with E-state index in [0.29, 0.717) is 12.3 Å². The molecule has 0 aliphatic rings. The number of aryl methyl sites for hydroxylation is 2. The van der Waals surface area contributed by atoms with Crippen LogP contribution in [0.2, 0.25) is 0 Å². The van der Waals surface area contributed by atoms with Gasteiger partial charge in [-0.25, -0.2) is 0 Å². The Morgan fingerprint density at radius 2 is 1.96 bits per heavy atom. The molecule has 1 atom stereocenters. The largest absolute Gasteiger partial charge is 0.478 e. The van der Waals surface area contributed by atoms with E-state index in [0.717, 1.165) is 23.5 Å². The van der Waals surface area contributed by atoms with Crippen LogP contribution in [-0.2, 0) is 17.9 Å². The number of ether oxygens (including phenoxy) is 1. The molecule has 6 heteroatoms. The number of aliphatic hydroxyl groups is 1. The van der Waals surface area contributed by atoms with E-state index in [1.807, 2.05) is 43.7 Å². The van der Waals surface area contributed by atoms with Crippen molar-refractivity contribution in [2.75, 3.05) is 0 Å². The SMILES string of the molecule is CCn1nc(C)c(CNC(=O)C(Oc2ccccc2)C(C)(C)O)c1C. The fourth-order valence-corrected chi connectivity index (χ4v) is 2.72. The summed E-state index contributed by atoms with van der Waals surface area (Å²) >= 11 is 0. The Morgan fingerprint density at radius 3 is 2.48 bits per heavy atom. The highest BCUT2D eigenvalue weighted by Crippen LogP contribution is 2.19. The van der Waals surface area contributed by atoms with Crippen LogP contribution in [0.3, 0.4) is 0 Å². The molecule has 1 heterocycles. The second-order valence-electron chi connectivity index (χ2n) is 6.65. The fraction of sp³-hybridized carbons (Fsp3) is 0.474. The first-order valence-electron chi connectivity index (χ1n) is 8.48. The van der Waals surface area contributed by atoms with Crippen molar-refractivity contribution in [2.24, 2.45) is 0 Å². The molecule has 1 aromatic heterocycles. The molecule has 0 bridgehead atoms. The third kappa shape index (κ3) is 4.60. The van der Waals surface area contributed by atoms with E-state index in [4.69, 9.17) is 4.74 Å². The number of aromatic nitrogens is 2. The third-order valence-electron chi connectivity index (χ3n) is 4.15. The number of nitrogens with one attached hydrogen (secondary N) is 1. The van der Waals surface area contributed by atoms with Gasteiger partial charge in [-0.15, -0.1) is 0 Å². The lowest BCUT2D eigenvalue weighted by molar-refractivity contribution is -0.139. The molecule has 2 aromatic rings. The Kier molecular flexibility index (Phi) is 5.85. The highest BCUT2D eigenvalue weighted by atomic mass is 16.5. The normalized spacial score (nSPS) is 12.7. The minimum atomic E-state index is -1.32.